The van der Waals surface area contributed by atoms with Crippen molar-refractivity contribution in [3.63, 3.8) is 0 Å². The molecule has 0 N–H and O–H groups in total. The Kier molecular flexibility index (Phi) is 7.45. The second kappa shape index (κ2) is 10.0. The first-order valence-corrected chi connectivity index (χ1v) is 8.34. The molecule has 0 aromatic heterocycles. The van der Waals surface area contributed by atoms with Crippen molar-refractivity contribution in [3.8, 4) is 23.0 Å². The lowest BCUT2D eigenvalue weighted by Crippen LogP contribution is -2.13. The van der Waals surface area contributed by atoms with Crippen LogP contribution in [0.15, 0.2) is 42.5 Å². The van der Waals surface area contributed by atoms with Crippen molar-refractivity contribution in [1.82, 2.24) is 0 Å². The standard InChI is InChI=1S/C21H22O7/c1-24-16-7-5-6-14(10-16)8-9-20(23)28-13-17(22)15-11-18(25-2)21(27-4)19(12-15)26-3/h5-12H,13H2,1-4H3. The Morgan fingerprint density at radius 3 is 2.14 bits per heavy atom. The van der Waals surface area contributed by atoms with Crippen molar-refractivity contribution in [2.24, 2.45) is 0 Å². The molecule has 2 aromatic rings. The Labute approximate surface area is 163 Å². The summed E-state index contributed by atoms with van der Waals surface area (Å²) >= 11 is 0. The van der Waals surface area contributed by atoms with E-state index in [0.29, 0.717) is 23.0 Å². The van der Waals surface area contributed by atoms with E-state index >= 15 is 0 Å². The van der Waals surface area contributed by atoms with E-state index in [1.807, 2.05) is 6.07 Å². The van der Waals surface area contributed by atoms with Gasteiger partial charge in [-0.05, 0) is 35.9 Å². The van der Waals surface area contributed by atoms with Crippen molar-refractivity contribution < 1.29 is 33.3 Å². The van der Waals surface area contributed by atoms with Gasteiger partial charge in [-0.2, -0.15) is 0 Å². The van der Waals surface area contributed by atoms with E-state index in [2.05, 4.69) is 0 Å². The molecule has 0 unspecified atom stereocenters. The topological polar surface area (TPSA) is 80.3 Å². The third-order valence-corrected chi connectivity index (χ3v) is 3.84. The van der Waals surface area contributed by atoms with Crippen LogP contribution in [0.4, 0.5) is 0 Å². The van der Waals surface area contributed by atoms with Crippen molar-refractivity contribution in [2.75, 3.05) is 35.0 Å². The summed E-state index contributed by atoms with van der Waals surface area (Å²) in [5, 5.41) is 0. The SMILES string of the molecule is COc1cccc(C=CC(=O)OCC(=O)c2cc(OC)c(OC)c(OC)c2)c1. The highest BCUT2D eigenvalue weighted by Gasteiger charge is 2.17. The second-order valence-corrected chi connectivity index (χ2v) is 5.55. The van der Waals surface area contributed by atoms with Crippen molar-refractivity contribution in [1.29, 1.82) is 0 Å². The molecular weight excluding hydrogens is 364 g/mol. The predicted octanol–water partition coefficient (Wildman–Crippen LogP) is 3.16. The Morgan fingerprint density at radius 1 is 0.893 bits per heavy atom. The number of benzene rings is 2. The molecule has 0 amide bonds. The van der Waals surface area contributed by atoms with Gasteiger partial charge in [-0.1, -0.05) is 12.1 Å². The molecule has 0 aliphatic carbocycles. The van der Waals surface area contributed by atoms with Gasteiger partial charge < -0.3 is 23.7 Å². The summed E-state index contributed by atoms with van der Waals surface area (Å²) in [6, 6.07) is 10.2. The van der Waals surface area contributed by atoms with Gasteiger partial charge in [0.05, 0.1) is 28.4 Å². The maximum absolute atomic E-state index is 12.4. The number of ketones is 1. The minimum atomic E-state index is -0.636. The van der Waals surface area contributed by atoms with E-state index in [1.54, 1.807) is 31.4 Å². The number of hydrogen-bond donors (Lipinski definition) is 0. The van der Waals surface area contributed by atoms with Gasteiger partial charge in [-0.25, -0.2) is 4.79 Å². The maximum atomic E-state index is 12.4. The van der Waals surface area contributed by atoms with Crippen LogP contribution >= 0.6 is 0 Å². The molecule has 0 atom stereocenters. The van der Waals surface area contributed by atoms with Gasteiger partial charge >= 0.3 is 5.97 Å². The lowest BCUT2D eigenvalue weighted by atomic mass is 10.1. The fourth-order valence-corrected chi connectivity index (χ4v) is 2.42. The minimum Gasteiger partial charge on any atom is -0.497 e. The molecule has 7 heteroatoms. The number of hydrogen-bond acceptors (Lipinski definition) is 7. The Morgan fingerprint density at radius 2 is 1.57 bits per heavy atom. The molecule has 0 radical (unpaired) electrons. The lowest BCUT2D eigenvalue weighted by molar-refractivity contribution is -0.136. The molecule has 0 saturated heterocycles. The Balaban J connectivity index is 2.03. The first-order valence-electron chi connectivity index (χ1n) is 8.34. The van der Waals surface area contributed by atoms with Crippen LogP contribution in [0.3, 0.4) is 0 Å². The molecule has 0 bridgehead atoms. The van der Waals surface area contributed by atoms with E-state index in [1.165, 1.54) is 39.5 Å². The fraction of sp³-hybridized carbons (Fsp3) is 0.238. The third kappa shape index (κ3) is 5.26. The largest absolute Gasteiger partial charge is 0.497 e. The smallest absolute Gasteiger partial charge is 0.331 e. The summed E-state index contributed by atoms with van der Waals surface area (Å²) < 4.78 is 25.8. The fourth-order valence-electron chi connectivity index (χ4n) is 2.42. The van der Waals surface area contributed by atoms with E-state index in [4.69, 9.17) is 23.7 Å². The van der Waals surface area contributed by atoms with Crippen molar-refractivity contribution >= 4 is 17.8 Å². The number of ether oxygens (including phenoxy) is 5. The van der Waals surface area contributed by atoms with Crippen LogP contribution in [0.1, 0.15) is 15.9 Å². The summed E-state index contributed by atoms with van der Waals surface area (Å²) in [6.45, 7) is -0.417. The summed E-state index contributed by atoms with van der Waals surface area (Å²) in [7, 11) is 5.94. The number of carbonyl (C=O) groups excluding carboxylic acids is 2. The van der Waals surface area contributed by atoms with Crippen LogP contribution in [0.25, 0.3) is 6.08 Å². The average molecular weight is 386 g/mol. The average Bonchev–Trinajstić information content (AvgIpc) is 2.74. The molecule has 2 aromatic carbocycles. The molecule has 0 aliphatic heterocycles. The van der Waals surface area contributed by atoms with Gasteiger partial charge in [0.15, 0.2) is 18.1 Å². The van der Waals surface area contributed by atoms with Crippen LogP contribution in [0.2, 0.25) is 0 Å². The van der Waals surface area contributed by atoms with Gasteiger partial charge in [0.2, 0.25) is 11.5 Å². The molecular formula is C21H22O7. The van der Waals surface area contributed by atoms with Gasteiger partial charge in [0, 0.05) is 11.6 Å². The summed E-state index contributed by atoms with van der Waals surface area (Å²) in [6.07, 6.45) is 2.83. The zero-order valence-corrected chi connectivity index (χ0v) is 16.2. The van der Waals surface area contributed by atoms with Gasteiger partial charge in [0.1, 0.15) is 5.75 Å². The molecule has 28 heavy (non-hydrogen) atoms. The highest BCUT2D eigenvalue weighted by Crippen LogP contribution is 2.38. The Bertz CT molecular complexity index is 846. The minimum absolute atomic E-state index is 0.277. The summed E-state index contributed by atoms with van der Waals surface area (Å²) in [5.74, 6) is 0.697. The third-order valence-electron chi connectivity index (χ3n) is 3.84. The molecule has 0 heterocycles. The monoisotopic (exact) mass is 386 g/mol. The van der Waals surface area contributed by atoms with E-state index < -0.39 is 18.4 Å². The zero-order chi connectivity index (χ0) is 20.5. The Hall–Kier alpha value is -3.48. The van der Waals surface area contributed by atoms with E-state index in [-0.39, 0.29) is 5.56 Å². The summed E-state index contributed by atoms with van der Waals surface area (Å²) in [5.41, 5.74) is 1.05. The van der Waals surface area contributed by atoms with E-state index in [9.17, 15) is 9.59 Å². The van der Waals surface area contributed by atoms with Crippen LogP contribution in [-0.2, 0) is 9.53 Å². The van der Waals surface area contributed by atoms with Crippen LogP contribution in [0, 0.1) is 0 Å². The quantitative estimate of drug-likeness (QED) is 0.372. The molecule has 2 rings (SSSR count). The summed E-state index contributed by atoms with van der Waals surface area (Å²) in [4.78, 5) is 24.3. The molecule has 148 valence electrons. The number of Topliss-reactive ketones (excluding diaryl/α,β-unsaturated/α-hetero) is 1. The molecule has 0 fully saturated rings. The lowest BCUT2D eigenvalue weighted by Gasteiger charge is -2.13. The number of methoxy groups -OCH3 is 4. The molecule has 0 spiro atoms. The van der Waals surface area contributed by atoms with Gasteiger partial charge in [-0.3, -0.25) is 4.79 Å². The van der Waals surface area contributed by atoms with E-state index in [0.717, 1.165) is 5.56 Å². The van der Waals surface area contributed by atoms with Crippen LogP contribution in [-0.4, -0.2) is 46.8 Å². The van der Waals surface area contributed by atoms with Crippen LogP contribution in [0.5, 0.6) is 23.0 Å². The number of carbonyl (C=O) groups is 2. The highest BCUT2D eigenvalue weighted by molar-refractivity contribution is 6.00. The van der Waals surface area contributed by atoms with Gasteiger partial charge in [0.25, 0.3) is 0 Å². The maximum Gasteiger partial charge on any atom is 0.331 e. The van der Waals surface area contributed by atoms with Crippen molar-refractivity contribution in [3.05, 3.63) is 53.6 Å². The number of esters is 1. The van der Waals surface area contributed by atoms with Crippen LogP contribution < -0.4 is 18.9 Å². The first kappa shape index (κ1) is 20.8. The number of rotatable bonds is 9. The first-order chi connectivity index (χ1) is 13.5. The predicted molar refractivity (Wildman–Crippen MR) is 103 cm³/mol. The zero-order valence-electron chi connectivity index (χ0n) is 16.2. The van der Waals surface area contributed by atoms with Crippen molar-refractivity contribution in [2.45, 2.75) is 0 Å². The molecule has 7 nitrogen and oxygen atoms in total. The highest BCUT2D eigenvalue weighted by atomic mass is 16.5. The second-order valence-electron chi connectivity index (χ2n) is 5.55. The van der Waals surface area contributed by atoms with Gasteiger partial charge in [-0.15, -0.1) is 0 Å². The molecule has 0 aliphatic rings. The normalized spacial score (nSPS) is 10.4. The molecule has 0 saturated carbocycles.